The van der Waals surface area contributed by atoms with Gasteiger partial charge < -0.3 is 9.84 Å². The van der Waals surface area contributed by atoms with Crippen LogP contribution in [0.4, 0.5) is 26.3 Å². The quantitative estimate of drug-likeness (QED) is 0.228. The van der Waals surface area contributed by atoms with E-state index in [1.54, 1.807) is 30.3 Å². The number of halogens is 6. The molecule has 38 heavy (non-hydrogen) atoms. The van der Waals surface area contributed by atoms with Crippen molar-refractivity contribution >= 4 is 5.97 Å². The average Bonchev–Trinajstić information content (AvgIpc) is 2.85. The number of aliphatic carboxylic acids is 1. The molecule has 0 spiro atoms. The first-order valence-electron chi connectivity index (χ1n) is 11.7. The SMILES string of the molecule is C[C@@H](OC[C@@]1(c2ccccc2)CC[C@](CCC(=O)O)([N+](=O)[O-])CN1)c1cc(C(F)(F)F)cc(C(F)(F)F)c1. The van der Waals surface area contributed by atoms with E-state index >= 15 is 0 Å². The Bertz CT molecular complexity index is 1110. The van der Waals surface area contributed by atoms with Gasteiger partial charge in [-0.15, -0.1) is 0 Å². The number of piperidine rings is 1. The highest BCUT2D eigenvalue weighted by atomic mass is 19.4. The lowest BCUT2D eigenvalue weighted by atomic mass is 9.75. The van der Waals surface area contributed by atoms with Gasteiger partial charge in [-0.25, -0.2) is 0 Å². The third-order valence-electron chi connectivity index (χ3n) is 6.95. The molecule has 1 fully saturated rings. The van der Waals surface area contributed by atoms with E-state index in [1.165, 1.54) is 6.92 Å². The van der Waals surface area contributed by atoms with Crippen LogP contribution in [0, 0.1) is 10.1 Å². The second-order valence-corrected chi connectivity index (χ2v) is 9.47. The lowest BCUT2D eigenvalue weighted by molar-refractivity contribution is -0.573. The Morgan fingerprint density at radius 2 is 1.66 bits per heavy atom. The number of benzene rings is 2. The first-order valence-corrected chi connectivity index (χ1v) is 11.7. The number of carboxylic acid groups (broad SMARTS) is 1. The molecular weight excluding hydrogens is 522 g/mol. The number of nitro groups is 1. The molecular formula is C25H26F6N2O5. The van der Waals surface area contributed by atoms with E-state index in [0.29, 0.717) is 17.7 Å². The molecule has 0 radical (unpaired) electrons. The summed E-state index contributed by atoms with van der Waals surface area (Å²) in [7, 11) is 0. The molecule has 0 bridgehead atoms. The highest BCUT2D eigenvalue weighted by Gasteiger charge is 2.51. The third-order valence-corrected chi connectivity index (χ3v) is 6.95. The van der Waals surface area contributed by atoms with Crippen molar-refractivity contribution in [1.29, 1.82) is 0 Å². The normalized spacial score (nSPS) is 23.1. The number of carboxylic acids is 1. The maximum atomic E-state index is 13.3. The van der Waals surface area contributed by atoms with Gasteiger partial charge in [0, 0.05) is 17.8 Å². The van der Waals surface area contributed by atoms with Gasteiger partial charge in [-0.3, -0.25) is 20.2 Å². The molecule has 2 aromatic rings. The summed E-state index contributed by atoms with van der Waals surface area (Å²) in [6, 6.07) is 9.86. The van der Waals surface area contributed by atoms with Crippen LogP contribution in [0.25, 0.3) is 0 Å². The summed E-state index contributed by atoms with van der Waals surface area (Å²) in [5.41, 5.74) is -5.19. The molecule has 3 rings (SSSR count). The Morgan fingerprint density at radius 1 is 1.08 bits per heavy atom. The zero-order valence-corrected chi connectivity index (χ0v) is 20.2. The second-order valence-electron chi connectivity index (χ2n) is 9.47. The van der Waals surface area contributed by atoms with Crippen molar-refractivity contribution in [1.82, 2.24) is 5.32 Å². The summed E-state index contributed by atoms with van der Waals surface area (Å²) in [5.74, 6) is -1.18. The molecule has 0 unspecified atom stereocenters. The van der Waals surface area contributed by atoms with Crippen molar-refractivity contribution in [3.63, 3.8) is 0 Å². The van der Waals surface area contributed by atoms with E-state index in [0.717, 1.165) is 0 Å². The van der Waals surface area contributed by atoms with Crippen molar-refractivity contribution in [2.24, 2.45) is 0 Å². The zero-order chi connectivity index (χ0) is 28.4. The number of nitrogens with one attached hydrogen (secondary N) is 1. The van der Waals surface area contributed by atoms with Gasteiger partial charge >= 0.3 is 18.3 Å². The molecule has 3 atom stereocenters. The molecule has 1 aliphatic heterocycles. The van der Waals surface area contributed by atoms with E-state index in [4.69, 9.17) is 9.84 Å². The highest BCUT2D eigenvalue weighted by Crippen LogP contribution is 2.40. The van der Waals surface area contributed by atoms with Crippen LogP contribution < -0.4 is 5.32 Å². The topological polar surface area (TPSA) is 102 Å². The van der Waals surface area contributed by atoms with Gasteiger partial charge in [0.05, 0.1) is 42.3 Å². The summed E-state index contributed by atoms with van der Waals surface area (Å²) in [4.78, 5) is 22.4. The van der Waals surface area contributed by atoms with Gasteiger partial charge in [-0.2, -0.15) is 26.3 Å². The van der Waals surface area contributed by atoms with E-state index in [1.807, 2.05) is 0 Å². The fourth-order valence-electron chi connectivity index (χ4n) is 4.54. The fourth-order valence-corrected chi connectivity index (χ4v) is 4.54. The number of alkyl halides is 6. The molecule has 0 amide bonds. The first kappa shape index (κ1) is 29.4. The molecule has 2 N–H and O–H groups in total. The maximum absolute atomic E-state index is 13.3. The van der Waals surface area contributed by atoms with Crippen molar-refractivity contribution in [3.05, 3.63) is 80.9 Å². The van der Waals surface area contributed by atoms with Crippen LogP contribution in [-0.2, 0) is 27.4 Å². The van der Waals surface area contributed by atoms with Gasteiger partial charge in [0.25, 0.3) is 0 Å². The van der Waals surface area contributed by atoms with Crippen LogP contribution in [0.15, 0.2) is 48.5 Å². The predicted octanol–water partition coefficient (Wildman–Crippen LogP) is 5.96. The minimum atomic E-state index is -5.01. The number of rotatable bonds is 9. The van der Waals surface area contributed by atoms with E-state index < -0.39 is 58.0 Å². The van der Waals surface area contributed by atoms with E-state index in [9.17, 15) is 41.3 Å². The van der Waals surface area contributed by atoms with Crippen LogP contribution >= 0.6 is 0 Å². The summed E-state index contributed by atoms with van der Waals surface area (Å²) >= 11 is 0. The number of ether oxygens (including phenoxy) is 1. The zero-order valence-electron chi connectivity index (χ0n) is 20.2. The molecule has 0 aromatic heterocycles. The Kier molecular flexibility index (Phi) is 8.42. The van der Waals surface area contributed by atoms with E-state index in [2.05, 4.69) is 5.32 Å². The van der Waals surface area contributed by atoms with Crippen molar-refractivity contribution in [2.45, 2.75) is 62.1 Å². The Labute approximate surface area is 213 Å². The van der Waals surface area contributed by atoms with Gasteiger partial charge in [-0.1, -0.05) is 30.3 Å². The minimum absolute atomic E-state index is 0.0192. The average molecular weight is 548 g/mol. The lowest BCUT2D eigenvalue weighted by Crippen LogP contribution is -2.61. The lowest BCUT2D eigenvalue weighted by Gasteiger charge is -2.44. The maximum Gasteiger partial charge on any atom is 0.416 e. The molecule has 1 saturated heterocycles. The van der Waals surface area contributed by atoms with Crippen molar-refractivity contribution in [2.75, 3.05) is 13.2 Å². The number of hydrogen-bond acceptors (Lipinski definition) is 5. The number of carbonyl (C=O) groups is 1. The molecule has 1 aliphatic rings. The predicted molar refractivity (Wildman–Crippen MR) is 123 cm³/mol. The molecule has 0 saturated carbocycles. The van der Waals surface area contributed by atoms with Crippen LogP contribution in [0.2, 0.25) is 0 Å². The van der Waals surface area contributed by atoms with Crippen molar-refractivity contribution < 1.29 is 45.9 Å². The van der Waals surface area contributed by atoms with Crippen molar-refractivity contribution in [3.8, 4) is 0 Å². The van der Waals surface area contributed by atoms with E-state index in [-0.39, 0.29) is 44.0 Å². The molecule has 208 valence electrons. The van der Waals surface area contributed by atoms with Gasteiger partial charge in [0.2, 0.25) is 5.54 Å². The Morgan fingerprint density at radius 3 is 2.11 bits per heavy atom. The molecule has 7 nitrogen and oxygen atoms in total. The van der Waals surface area contributed by atoms with Gasteiger partial charge in [-0.05, 0) is 42.7 Å². The standard InChI is InChI=1S/C25H26F6N2O5/c1-16(17-11-19(24(26,27)28)13-20(12-17)25(29,30)31)38-15-23(18-5-3-2-4-6-18)10-9-22(14-32-23,33(36)37)8-7-21(34)35/h2-6,11-13,16,32H,7-10,14-15H2,1H3,(H,34,35)/t16-,22+,23-/m1/s1. The number of hydrogen-bond donors (Lipinski definition) is 2. The number of nitrogens with zero attached hydrogens (tertiary/aromatic N) is 1. The minimum Gasteiger partial charge on any atom is -0.481 e. The third kappa shape index (κ3) is 6.62. The smallest absolute Gasteiger partial charge is 0.416 e. The van der Waals surface area contributed by atoms with Crippen LogP contribution in [0.1, 0.15) is 61.0 Å². The summed E-state index contributed by atoms with van der Waals surface area (Å²) in [6.07, 6.45) is -11.7. The Hall–Kier alpha value is -3.19. The fraction of sp³-hybridized carbons (Fsp3) is 0.480. The summed E-state index contributed by atoms with van der Waals surface area (Å²) in [6.45, 7) is 0.898. The van der Waals surface area contributed by atoms with Gasteiger partial charge in [0.1, 0.15) is 0 Å². The molecule has 13 heteroatoms. The van der Waals surface area contributed by atoms with Crippen LogP contribution in [0.3, 0.4) is 0 Å². The largest absolute Gasteiger partial charge is 0.481 e. The monoisotopic (exact) mass is 548 g/mol. The Balaban J connectivity index is 1.89. The van der Waals surface area contributed by atoms with Gasteiger partial charge in [0.15, 0.2) is 0 Å². The molecule has 0 aliphatic carbocycles. The van der Waals surface area contributed by atoms with Crippen LogP contribution in [-0.4, -0.2) is 34.7 Å². The first-order chi connectivity index (χ1) is 17.6. The summed E-state index contributed by atoms with van der Waals surface area (Å²) in [5, 5.41) is 24.0. The highest BCUT2D eigenvalue weighted by molar-refractivity contribution is 5.66. The molecule has 1 heterocycles. The molecule has 2 aromatic carbocycles. The summed E-state index contributed by atoms with van der Waals surface area (Å²) < 4.78 is 85.6. The second kappa shape index (κ2) is 10.9. The van der Waals surface area contributed by atoms with Crippen LogP contribution in [0.5, 0.6) is 0 Å².